The monoisotopic (exact) mass is 271 g/mol. The number of carbonyl (C=O) groups excluding carboxylic acids is 2. The van der Waals surface area contributed by atoms with E-state index in [9.17, 15) is 14.0 Å². The summed E-state index contributed by atoms with van der Waals surface area (Å²) in [5, 5.41) is 5.30. The molecule has 0 unspecified atom stereocenters. The average Bonchev–Trinajstić information content (AvgIpc) is 2.77. The predicted octanol–water partition coefficient (Wildman–Crippen LogP) is 1.44. The van der Waals surface area contributed by atoms with Crippen molar-refractivity contribution in [1.82, 2.24) is 10.2 Å². The Hall–Kier alpha value is -1.82. The van der Waals surface area contributed by atoms with Gasteiger partial charge in [-0.1, -0.05) is 11.6 Å². The molecule has 0 radical (unpaired) electrons. The fourth-order valence-electron chi connectivity index (χ4n) is 1.59. The second-order valence-corrected chi connectivity index (χ2v) is 4.17. The van der Waals surface area contributed by atoms with Crippen LogP contribution in [0.5, 0.6) is 0 Å². The van der Waals surface area contributed by atoms with Crippen LogP contribution < -0.4 is 10.6 Å². The first-order valence-corrected chi connectivity index (χ1v) is 5.73. The molecular formula is C11H11ClFN3O2. The lowest BCUT2D eigenvalue weighted by atomic mass is 10.3. The van der Waals surface area contributed by atoms with Crippen LogP contribution in [0.15, 0.2) is 18.2 Å². The quantitative estimate of drug-likeness (QED) is 0.875. The maximum atomic E-state index is 12.9. The van der Waals surface area contributed by atoms with Gasteiger partial charge in [-0.05, 0) is 18.2 Å². The number of nitrogens with one attached hydrogen (secondary N) is 2. The molecule has 1 saturated heterocycles. The highest BCUT2D eigenvalue weighted by Gasteiger charge is 2.25. The summed E-state index contributed by atoms with van der Waals surface area (Å²) in [4.78, 5) is 24.0. The minimum absolute atomic E-state index is 0.0219. The van der Waals surface area contributed by atoms with E-state index in [-0.39, 0.29) is 23.5 Å². The number of carbonyl (C=O) groups is 2. The number of anilines is 1. The normalized spacial score (nSPS) is 14.6. The summed E-state index contributed by atoms with van der Waals surface area (Å²) < 4.78 is 12.9. The minimum atomic E-state index is -0.521. The minimum Gasteiger partial charge on any atom is -0.376 e. The van der Waals surface area contributed by atoms with Crippen molar-refractivity contribution in [3.05, 3.63) is 29.0 Å². The van der Waals surface area contributed by atoms with E-state index in [1.165, 1.54) is 18.2 Å². The van der Waals surface area contributed by atoms with Gasteiger partial charge in [-0.2, -0.15) is 0 Å². The maximum absolute atomic E-state index is 12.9. The van der Waals surface area contributed by atoms with Crippen LogP contribution in [0.1, 0.15) is 0 Å². The number of benzene rings is 1. The Kier molecular flexibility index (Phi) is 3.66. The first-order valence-electron chi connectivity index (χ1n) is 5.35. The Balaban J connectivity index is 1.93. The lowest BCUT2D eigenvalue weighted by molar-refractivity contribution is -0.125. The smallest absolute Gasteiger partial charge is 0.324 e. The molecule has 0 bridgehead atoms. The van der Waals surface area contributed by atoms with Crippen molar-refractivity contribution >= 4 is 29.2 Å². The standard InChI is InChI=1S/C11H11ClFN3O2/c12-8-5-7(1-2-9(8)13)15-6-10(17)16-4-3-14-11(16)18/h1-2,5,15H,3-4,6H2,(H,14,18). The molecule has 1 aromatic rings. The zero-order valence-electron chi connectivity index (χ0n) is 9.37. The molecular weight excluding hydrogens is 261 g/mol. The molecule has 2 N–H and O–H groups in total. The van der Waals surface area contributed by atoms with Gasteiger partial charge >= 0.3 is 6.03 Å². The Morgan fingerprint density at radius 3 is 2.94 bits per heavy atom. The fraction of sp³-hybridized carbons (Fsp3) is 0.273. The van der Waals surface area contributed by atoms with E-state index in [2.05, 4.69) is 10.6 Å². The summed E-state index contributed by atoms with van der Waals surface area (Å²) in [7, 11) is 0. The third-order valence-corrected chi connectivity index (χ3v) is 2.81. The third-order valence-electron chi connectivity index (χ3n) is 2.52. The molecule has 18 heavy (non-hydrogen) atoms. The van der Waals surface area contributed by atoms with E-state index in [0.29, 0.717) is 18.8 Å². The molecule has 0 aromatic heterocycles. The molecule has 0 atom stereocenters. The fourth-order valence-corrected chi connectivity index (χ4v) is 1.77. The van der Waals surface area contributed by atoms with E-state index < -0.39 is 5.82 Å². The zero-order valence-corrected chi connectivity index (χ0v) is 10.1. The molecule has 0 aliphatic carbocycles. The van der Waals surface area contributed by atoms with E-state index in [1.807, 2.05) is 0 Å². The van der Waals surface area contributed by atoms with E-state index in [0.717, 1.165) is 4.90 Å². The van der Waals surface area contributed by atoms with Crippen molar-refractivity contribution in [3.8, 4) is 0 Å². The molecule has 0 spiro atoms. The van der Waals surface area contributed by atoms with Crippen LogP contribution in [0.25, 0.3) is 0 Å². The van der Waals surface area contributed by atoms with Crippen LogP contribution in [-0.2, 0) is 4.79 Å². The van der Waals surface area contributed by atoms with E-state index >= 15 is 0 Å². The molecule has 2 rings (SSSR count). The van der Waals surface area contributed by atoms with Gasteiger partial charge in [-0.3, -0.25) is 9.69 Å². The molecule has 1 aliphatic heterocycles. The Labute approximate surface area is 108 Å². The summed E-state index contributed by atoms with van der Waals surface area (Å²) in [5.41, 5.74) is 0.523. The topological polar surface area (TPSA) is 61.4 Å². The van der Waals surface area contributed by atoms with Crippen LogP contribution in [0.2, 0.25) is 5.02 Å². The summed E-state index contributed by atoms with van der Waals surface area (Å²) in [5.74, 6) is -0.863. The van der Waals surface area contributed by atoms with Gasteiger partial charge in [0.15, 0.2) is 0 Å². The largest absolute Gasteiger partial charge is 0.376 e. The molecule has 1 fully saturated rings. The Bertz CT molecular complexity index is 495. The summed E-state index contributed by atoms with van der Waals surface area (Å²) in [6, 6.07) is 3.67. The Morgan fingerprint density at radius 2 is 2.33 bits per heavy atom. The number of hydrogen-bond acceptors (Lipinski definition) is 3. The highest BCUT2D eigenvalue weighted by Crippen LogP contribution is 2.19. The third kappa shape index (κ3) is 2.70. The summed E-state index contributed by atoms with van der Waals surface area (Å²) in [6.07, 6.45) is 0. The van der Waals surface area contributed by atoms with Crippen molar-refractivity contribution in [2.75, 3.05) is 25.0 Å². The predicted molar refractivity (Wildman–Crippen MR) is 65.0 cm³/mol. The highest BCUT2D eigenvalue weighted by molar-refractivity contribution is 6.31. The SMILES string of the molecule is O=C(CNc1ccc(F)c(Cl)c1)N1CCNC1=O. The summed E-state index contributed by atoms with van der Waals surface area (Å²) >= 11 is 5.60. The first-order chi connectivity index (χ1) is 8.58. The second-order valence-electron chi connectivity index (χ2n) is 3.76. The number of nitrogens with zero attached hydrogens (tertiary/aromatic N) is 1. The lowest BCUT2D eigenvalue weighted by Crippen LogP contribution is -2.37. The van der Waals surface area contributed by atoms with Gasteiger partial charge in [-0.25, -0.2) is 9.18 Å². The van der Waals surface area contributed by atoms with Crippen LogP contribution >= 0.6 is 11.6 Å². The van der Waals surface area contributed by atoms with Crippen LogP contribution in [0.4, 0.5) is 14.9 Å². The van der Waals surface area contributed by atoms with Crippen molar-refractivity contribution in [2.24, 2.45) is 0 Å². The Morgan fingerprint density at radius 1 is 1.56 bits per heavy atom. The van der Waals surface area contributed by atoms with Gasteiger partial charge in [0, 0.05) is 18.8 Å². The molecule has 1 aliphatic rings. The van der Waals surface area contributed by atoms with Gasteiger partial charge in [0.2, 0.25) is 5.91 Å². The van der Waals surface area contributed by atoms with Gasteiger partial charge in [0.05, 0.1) is 11.6 Å². The number of amides is 3. The van der Waals surface area contributed by atoms with Crippen molar-refractivity contribution in [1.29, 1.82) is 0 Å². The number of rotatable bonds is 3. The van der Waals surface area contributed by atoms with Crippen molar-refractivity contribution in [3.63, 3.8) is 0 Å². The maximum Gasteiger partial charge on any atom is 0.324 e. The van der Waals surface area contributed by atoms with E-state index in [1.54, 1.807) is 0 Å². The highest BCUT2D eigenvalue weighted by atomic mass is 35.5. The molecule has 0 saturated carbocycles. The lowest BCUT2D eigenvalue weighted by Gasteiger charge is -2.13. The average molecular weight is 272 g/mol. The van der Waals surface area contributed by atoms with Gasteiger partial charge in [0.25, 0.3) is 0 Å². The van der Waals surface area contributed by atoms with Gasteiger partial charge in [0.1, 0.15) is 5.82 Å². The molecule has 1 aromatic carbocycles. The molecule has 96 valence electrons. The van der Waals surface area contributed by atoms with Crippen LogP contribution in [0, 0.1) is 5.82 Å². The van der Waals surface area contributed by atoms with Gasteiger partial charge < -0.3 is 10.6 Å². The number of halogens is 2. The van der Waals surface area contributed by atoms with Crippen molar-refractivity contribution in [2.45, 2.75) is 0 Å². The van der Waals surface area contributed by atoms with Gasteiger partial charge in [-0.15, -0.1) is 0 Å². The van der Waals surface area contributed by atoms with Crippen LogP contribution in [0.3, 0.4) is 0 Å². The zero-order chi connectivity index (χ0) is 13.1. The second kappa shape index (κ2) is 5.22. The van der Waals surface area contributed by atoms with E-state index in [4.69, 9.17) is 11.6 Å². The molecule has 5 nitrogen and oxygen atoms in total. The number of hydrogen-bond donors (Lipinski definition) is 2. The molecule has 7 heteroatoms. The molecule has 3 amide bonds. The first kappa shape index (κ1) is 12.6. The number of imide groups is 1. The molecule has 1 heterocycles. The number of urea groups is 1. The van der Waals surface area contributed by atoms with Crippen LogP contribution in [-0.4, -0.2) is 36.5 Å². The summed E-state index contributed by atoms with van der Waals surface area (Å²) in [6.45, 7) is 0.784. The van der Waals surface area contributed by atoms with Crippen molar-refractivity contribution < 1.29 is 14.0 Å².